The zero-order valence-corrected chi connectivity index (χ0v) is 29.0. The van der Waals surface area contributed by atoms with E-state index in [-0.39, 0.29) is 0 Å². The highest BCUT2D eigenvalue weighted by Crippen LogP contribution is 2.33. The third-order valence-electron chi connectivity index (χ3n) is 8.19. The molecule has 0 aliphatic carbocycles. The van der Waals surface area contributed by atoms with Crippen LogP contribution in [0.4, 0.5) is 0 Å². The van der Waals surface area contributed by atoms with Crippen molar-refractivity contribution in [2.75, 3.05) is 0 Å². The average molecular weight is 593 g/mol. The van der Waals surface area contributed by atoms with Gasteiger partial charge in [-0.3, -0.25) is 0 Å². The topological polar surface area (TPSA) is 0 Å². The van der Waals surface area contributed by atoms with Crippen LogP contribution < -0.4 is 0 Å². The van der Waals surface area contributed by atoms with E-state index >= 15 is 0 Å². The van der Waals surface area contributed by atoms with Gasteiger partial charge in [0.1, 0.15) is 0 Å². The van der Waals surface area contributed by atoms with Gasteiger partial charge >= 0.3 is 0 Å². The molecule has 5 aromatic carbocycles. The van der Waals surface area contributed by atoms with E-state index in [1.54, 1.807) is 0 Å². The molecule has 0 amide bonds. The van der Waals surface area contributed by atoms with Crippen molar-refractivity contribution in [2.45, 2.75) is 74.7 Å². The van der Waals surface area contributed by atoms with Crippen molar-refractivity contribution in [3.8, 4) is 35.1 Å². The molecule has 0 nitrogen and oxygen atoms in total. The van der Waals surface area contributed by atoms with Gasteiger partial charge in [-0.05, 0) is 109 Å². The van der Waals surface area contributed by atoms with Crippen LogP contribution in [0.1, 0.15) is 76.6 Å². The van der Waals surface area contributed by atoms with Gasteiger partial charge in [0.15, 0.2) is 0 Å². The van der Waals surface area contributed by atoms with Gasteiger partial charge in [0.25, 0.3) is 0 Å². The number of hydrogen-bond donors (Lipinski definition) is 0. The van der Waals surface area contributed by atoms with Gasteiger partial charge in [-0.2, -0.15) is 0 Å². The number of rotatable bonds is 5. The average Bonchev–Trinajstić information content (AvgIpc) is 3.06. The molecular weight excluding hydrogens is 540 g/mol. The van der Waals surface area contributed by atoms with Crippen LogP contribution in [-0.2, 0) is 6.42 Å². The molecule has 0 heteroatoms. The Kier molecular flexibility index (Phi) is 14.9. The minimum atomic E-state index is 0.588. The summed E-state index contributed by atoms with van der Waals surface area (Å²) in [5, 5.41) is 2.65. The molecule has 0 fully saturated rings. The summed E-state index contributed by atoms with van der Waals surface area (Å²) < 4.78 is 0. The molecule has 5 aromatic rings. The lowest BCUT2D eigenvalue weighted by atomic mass is 9.91. The first kappa shape index (κ1) is 36.6. The second-order valence-corrected chi connectivity index (χ2v) is 12.0. The highest BCUT2D eigenvalue weighted by molar-refractivity contribution is 5.98. The third-order valence-corrected chi connectivity index (χ3v) is 8.19. The predicted octanol–water partition coefficient (Wildman–Crippen LogP) is 13.3. The van der Waals surface area contributed by atoms with Crippen molar-refractivity contribution in [1.82, 2.24) is 0 Å². The molecule has 0 aromatic heterocycles. The Morgan fingerprint density at radius 3 is 1.84 bits per heavy atom. The van der Waals surface area contributed by atoms with E-state index in [1.807, 2.05) is 6.92 Å². The van der Waals surface area contributed by atoms with Crippen molar-refractivity contribution >= 4 is 10.8 Å². The zero-order chi connectivity index (χ0) is 33.5. The zero-order valence-electron chi connectivity index (χ0n) is 29.0. The molecule has 0 heterocycles. The first-order valence-electron chi connectivity index (χ1n) is 15.9. The van der Waals surface area contributed by atoms with Crippen molar-refractivity contribution in [2.24, 2.45) is 0 Å². The Morgan fingerprint density at radius 2 is 1.29 bits per heavy atom. The fourth-order valence-corrected chi connectivity index (χ4v) is 5.03. The molecule has 0 bridgehead atoms. The minimum Gasteiger partial charge on any atom is -0.124 e. The monoisotopic (exact) mass is 592 g/mol. The molecule has 0 spiro atoms. The smallest absolute Gasteiger partial charge is 0.00735 e. The van der Waals surface area contributed by atoms with Crippen LogP contribution in [-0.4, -0.2) is 0 Å². The van der Waals surface area contributed by atoms with Gasteiger partial charge in [0.2, 0.25) is 0 Å². The molecule has 0 aliphatic rings. The summed E-state index contributed by atoms with van der Waals surface area (Å²) in [5.74, 6) is 0.588. The van der Waals surface area contributed by atoms with E-state index in [0.717, 1.165) is 6.42 Å². The number of fused-ring (bicyclic) bond motifs is 1. The maximum atomic E-state index is 4.00. The van der Waals surface area contributed by atoms with Crippen LogP contribution in [0.5, 0.6) is 0 Å². The summed E-state index contributed by atoms with van der Waals surface area (Å²) in [6.45, 7) is 23.2. The Balaban J connectivity index is 0.000000245. The number of aryl methyl sites for hydroxylation is 3. The first-order chi connectivity index (χ1) is 21.5. The van der Waals surface area contributed by atoms with E-state index in [0.29, 0.717) is 5.92 Å². The number of hydrogen-bond acceptors (Lipinski definition) is 0. The molecule has 0 unspecified atom stereocenters. The van der Waals surface area contributed by atoms with Crippen LogP contribution in [0.25, 0.3) is 33.0 Å². The van der Waals surface area contributed by atoms with E-state index < -0.39 is 0 Å². The molecule has 0 radical (unpaired) electrons. The lowest BCUT2D eigenvalue weighted by Gasteiger charge is -2.13. The highest BCUT2D eigenvalue weighted by Gasteiger charge is 2.08. The molecule has 0 atom stereocenters. The summed E-state index contributed by atoms with van der Waals surface area (Å²) in [6.07, 6.45) is 9.10. The number of benzene rings is 5. The summed E-state index contributed by atoms with van der Waals surface area (Å²) in [4.78, 5) is 0. The molecule has 232 valence electrons. The lowest BCUT2D eigenvalue weighted by molar-refractivity contribution is 0.867. The standard InChI is InChI=1S/C18H16.C17H20.C8H14.C2H2/c1-13-7-3-5-9-16(13)18-14(2)11-12-15-8-4-6-10-17(15)18;1-4-14-8-10-15(11-9-14)17-7-5-6-16(12-17)13(2)3;1-6(2)8(5)7(3)4;1-2/h3-12H,1-2H3;5-13H,4H2,1-3H3;1H2,2-5H3;1-2H. The van der Waals surface area contributed by atoms with E-state index in [4.69, 9.17) is 0 Å². The van der Waals surface area contributed by atoms with E-state index in [2.05, 4.69) is 184 Å². The van der Waals surface area contributed by atoms with Crippen LogP contribution in [0, 0.1) is 26.7 Å². The van der Waals surface area contributed by atoms with Crippen LogP contribution in [0.15, 0.2) is 132 Å². The van der Waals surface area contributed by atoms with E-state index in [9.17, 15) is 0 Å². The first-order valence-corrected chi connectivity index (χ1v) is 15.9. The lowest BCUT2D eigenvalue weighted by Crippen LogP contribution is -1.88. The Labute approximate surface area is 274 Å². The summed E-state index contributed by atoms with van der Waals surface area (Å²) in [7, 11) is 0. The number of allylic oxidation sites excluding steroid dienone is 3. The fourth-order valence-electron chi connectivity index (χ4n) is 5.03. The van der Waals surface area contributed by atoms with Crippen LogP contribution in [0.3, 0.4) is 0 Å². The predicted molar refractivity (Wildman–Crippen MR) is 203 cm³/mol. The van der Waals surface area contributed by atoms with Gasteiger partial charge < -0.3 is 0 Å². The maximum absolute atomic E-state index is 4.00. The Bertz CT molecular complexity index is 1720. The van der Waals surface area contributed by atoms with Crippen molar-refractivity contribution in [3.63, 3.8) is 0 Å². The van der Waals surface area contributed by atoms with Crippen molar-refractivity contribution in [1.29, 1.82) is 0 Å². The molecular formula is C45H52. The minimum absolute atomic E-state index is 0.588. The molecule has 0 saturated carbocycles. The molecule has 5 rings (SSSR count). The second-order valence-electron chi connectivity index (χ2n) is 12.0. The van der Waals surface area contributed by atoms with Crippen LogP contribution in [0.2, 0.25) is 0 Å². The van der Waals surface area contributed by atoms with Gasteiger partial charge in [-0.25, -0.2) is 0 Å². The molecule has 0 saturated heterocycles. The fraction of sp³-hybridized carbons (Fsp3) is 0.244. The SMILES string of the molecule is C#C.C=C(C)C(C)=C(C)C.CCc1ccc(-c2cccc(C(C)C)c2)cc1.Cc1ccccc1-c1c(C)ccc2ccccc12. The highest BCUT2D eigenvalue weighted by atomic mass is 14.1. The van der Waals surface area contributed by atoms with Gasteiger partial charge in [0.05, 0.1) is 0 Å². The maximum Gasteiger partial charge on any atom is -0.00735 e. The molecule has 0 aliphatic heterocycles. The summed E-state index contributed by atoms with van der Waals surface area (Å²) in [5.41, 5.74) is 14.7. The largest absolute Gasteiger partial charge is 0.124 e. The normalized spacial score (nSPS) is 9.96. The van der Waals surface area contributed by atoms with Crippen molar-refractivity contribution in [3.05, 3.63) is 155 Å². The van der Waals surface area contributed by atoms with Gasteiger partial charge in [-0.1, -0.05) is 153 Å². The summed E-state index contributed by atoms with van der Waals surface area (Å²) in [6, 6.07) is 39.3. The van der Waals surface area contributed by atoms with Crippen LogP contribution >= 0.6 is 0 Å². The Morgan fingerprint density at radius 1 is 0.667 bits per heavy atom. The Hall–Kier alpha value is -4.60. The van der Waals surface area contributed by atoms with E-state index in [1.165, 1.54) is 72.0 Å². The van der Waals surface area contributed by atoms with Gasteiger partial charge in [-0.15, -0.1) is 12.8 Å². The molecule has 0 N–H and O–H groups in total. The number of terminal acetylenes is 1. The molecule has 45 heavy (non-hydrogen) atoms. The third kappa shape index (κ3) is 10.5. The van der Waals surface area contributed by atoms with Crippen molar-refractivity contribution < 1.29 is 0 Å². The quantitative estimate of drug-likeness (QED) is 0.141. The van der Waals surface area contributed by atoms with Gasteiger partial charge in [0, 0.05) is 0 Å². The second kappa shape index (κ2) is 18.3. The summed E-state index contributed by atoms with van der Waals surface area (Å²) >= 11 is 0.